The van der Waals surface area contributed by atoms with Gasteiger partial charge in [0, 0.05) is 18.7 Å². The Labute approximate surface area is 173 Å². The molecule has 0 unspecified atom stereocenters. The fourth-order valence-electron chi connectivity index (χ4n) is 3.16. The maximum Gasteiger partial charge on any atom is 0.311 e. The van der Waals surface area contributed by atoms with E-state index in [9.17, 15) is 19.2 Å². The first-order valence-electron chi connectivity index (χ1n) is 9.40. The summed E-state index contributed by atoms with van der Waals surface area (Å²) in [6.45, 7) is 1.51. The number of carbonyl (C=O) groups is 4. The fraction of sp³-hybridized carbons (Fsp3) is 0.273. The van der Waals surface area contributed by atoms with Gasteiger partial charge in [-0.1, -0.05) is 29.8 Å². The number of anilines is 1. The summed E-state index contributed by atoms with van der Waals surface area (Å²) in [6, 6.07) is 13.8. The van der Waals surface area contributed by atoms with Gasteiger partial charge in [0.15, 0.2) is 6.61 Å². The van der Waals surface area contributed by atoms with Gasteiger partial charge in [0.2, 0.25) is 5.91 Å². The molecule has 0 aliphatic carbocycles. The average molecular weight is 410 g/mol. The number of esters is 1. The third-order valence-corrected chi connectivity index (χ3v) is 4.75. The molecule has 3 rings (SSSR count). The van der Waals surface area contributed by atoms with E-state index in [0.29, 0.717) is 11.4 Å². The molecule has 3 amide bonds. The highest BCUT2D eigenvalue weighted by molar-refractivity contribution is 6.07. The van der Waals surface area contributed by atoms with Gasteiger partial charge in [-0.05, 0) is 31.2 Å². The van der Waals surface area contributed by atoms with Crippen LogP contribution in [-0.4, -0.2) is 44.0 Å². The first kappa shape index (κ1) is 21.0. The van der Waals surface area contributed by atoms with E-state index >= 15 is 0 Å². The predicted octanol–water partition coefficient (Wildman–Crippen LogP) is 1.86. The van der Waals surface area contributed by atoms with Crippen LogP contribution in [0.15, 0.2) is 48.5 Å². The van der Waals surface area contributed by atoms with Gasteiger partial charge in [0.25, 0.3) is 11.8 Å². The Hall–Kier alpha value is -3.68. The predicted molar refractivity (Wildman–Crippen MR) is 108 cm³/mol. The van der Waals surface area contributed by atoms with Gasteiger partial charge in [-0.2, -0.15) is 0 Å². The van der Waals surface area contributed by atoms with E-state index in [0.717, 1.165) is 5.56 Å². The number of amides is 3. The molecule has 2 aromatic carbocycles. The molecule has 1 aliphatic rings. The number of benzene rings is 2. The highest BCUT2D eigenvalue weighted by Gasteiger charge is 2.36. The number of nitrogens with one attached hydrogen (secondary N) is 1. The van der Waals surface area contributed by atoms with Crippen molar-refractivity contribution in [2.75, 3.05) is 25.2 Å². The Morgan fingerprint density at radius 3 is 2.50 bits per heavy atom. The number of aryl methyl sites for hydroxylation is 1. The highest BCUT2D eigenvalue weighted by Crippen LogP contribution is 2.26. The minimum atomic E-state index is -0.765. The minimum absolute atomic E-state index is 0.00841. The van der Waals surface area contributed by atoms with Gasteiger partial charge in [-0.3, -0.25) is 24.5 Å². The molecule has 30 heavy (non-hydrogen) atoms. The number of nitrogens with zero attached hydrogens (tertiary/aromatic N) is 1. The zero-order chi connectivity index (χ0) is 21.7. The number of methoxy groups -OCH3 is 1. The molecule has 0 spiro atoms. The zero-order valence-electron chi connectivity index (χ0n) is 16.7. The molecule has 2 aromatic rings. The van der Waals surface area contributed by atoms with Crippen molar-refractivity contribution in [3.05, 3.63) is 59.7 Å². The topological polar surface area (TPSA) is 102 Å². The number of rotatable bonds is 6. The van der Waals surface area contributed by atoms with E-state index in [1.165, 1.54) is 18.1 Å². The van der Waals surface area contributed by atoms with Crippen LogP contribution in [-0.2, 0) is 19.1 Å². The van der Waals surface area contributed by atoms with Crippen molar-refractivity contribution in [1.82, 2.24) is 5.32 Å². The lowest BCUT2D eigenvalue weighted by molar-refractivity contribution is -0.152. The molecule has 0 aromatic heterocycles. The molecule has 0 bridgehead atoms. The Bertz CT molecular complexity index is 970. The van der Waals surface area contributed by atoms with Crippen LogP contribution in [0.25, 0.3) is 0 Å². The Balaban J connectivity index is 1.51. The van der Waals surface area contributed by atoms with E-state index in [4.69, 9.17) is 9.47 Å². The molecule has 0 radical (unpaired) electrons. The summed E-state index contributed by atoms with van der Waals surface area (Å²) in [6.07, 6.45) is 0.00841. The molecule has 1 atom stereocenters. The van der Waals surface area contributed by atoms with Crippen molar-refractivity contribution in [2.45, 2.75) is 13.3 Å². The van der Waals surface area contributed by atoms with Crippen molar-refractivity contribution in [3.63, 3.8) is 0 Å². The van der Waals surface area contributed by atoms with E-state index in [2.05, 4.69) is 5.32 Å². The van der Waals surface area contributed by atoms with Gasteiger partial charge < -0.3 is 14.4 Å². The molecule has 1 heterocycles. The molecule has 1 saturated heterocycles. The van der Waals surface area contributed by atoms with E-state index in [1.807, 2.05) is 31.2 Å². The van der Waals surface area contributed by atoms with Crippen LogP contribution in [0.2, 0.25) is 0 Å². The number of imide groups is 1. The lowest BCUT2D eigenvalue weighted by atomic mass is 10.1. The van der Waals surface area contributed by atoms with E-state index < -0.39 is 30.3 Å². The molecular weight excluding hydrogens is 388 g/mol. The first-order valence-corrected chi connectivity index (χ1v) is 9.40. The SMILES string of the molecule is COc1ccccc1C(=O)NC(=O)COC(=O)[C@@H]1CC(=O)N(c2ccc(C)cc2)C1. The fourth-order valence-corrected chi connectivity index (χ4v) is 3.16. The molecule has 0 saturated carbocycles. The maximum absolute atomic E-state index is 12.3. The summed E-state index contributed by atoms with van der Waals surface area (Å²) in [7, 11) is 1.42. The summed E-state index contributed by atoms with van der Waals surface area (Å²) in [5.41, 5.74) is 1.96. The molecular formula is C22H22N2O6. The maximum atomic E-state index is 12.3. The number of hydrogen-bond donors (Lipinski definition) is 1. The van der Waals surface area contributed by atoms with Crippen LogP contribution >= 0.6 is 0 Å². The zero-order valence-corrected chi connectivity index (χ0v) is 16.7. The van der Waals surface area contributed by atoms with Crippen molar-refractivity contribution in [1.29, 1.82) is 0 Å². The largest absolute Gasteiger partial charge is 0.496 e. The van der Waals surface area contributed by atoms with Crippen molar-refractivity contribution in [2.24, 2.45) is 5.92 Å². The highest BCUT2D eigenvalue weighted by atomic mass is 16.5. The van der Waals surface area contributed by atoms with Gasteiger partial charge in [-0.25, -0.2) is 0 Å². The number of ether oxygens (including phenoxy) is 2. The minimum Gasteiger partial charge on any atom is -0.496 e. The van der Waals surface area contributed by atoms with Gasteiger partial charge in [-0.15, -0.1) is 0 Å². The van der Waals surface area contributed by atoms with Crippen LogP contribution in [0, 0.1) is 12.8 Å². The standard InChI is InChI=1S/C22H22N2O6/c1-14-7-9-16(10-8-14)24-12-15(11-20(24)26)22(28)30-13-19(25)23-21(27)17-5-3-4-6-18(17)29-2/h3-10,15H,11-13H2,1-2H3,(H,23,25,27)/t15-/m1/s1. The second kappa shape index (κ2) is 9.21. The van der Waals surface area contributed by atoms with Crippen LogP contribution in [0.4, 0.5) is 5.69 Å². The molecule has 8 nitrogen and oxygen atoms in total. The van der Waals surface area contributed by atoms with Crippen LogP contribution in [0.1, 0.15) is 22.3 Å². The van der Waals surface area contributed by atoms with Crippen LogP contribution < -0.4 is 15.0 Å². The molecule has 1 N–H and O–H groups in total. The average Bonchev–Trinajstić information content (AvgIpc) is 3.14. The second-order valence-electron chi connectivity index (χ2n) is 6.93. The third-order valence-electron chi connectivity index (χ3n) is 4.75. The Morgan fingerprint density at radius 2 is 1.80 bits per heavy atom. The molecule has 156 valence electrons. The summed E-state index contributed by atoms with van der Waals surface area (Å²) < 4.78 is 10.1. The lowest BCUT2D eigenvalue weighted by Gasteiger charge is -2.16. The molecule has 1 aliphatic heterocycles. The Morgan fingerprint density at radius 1 is 1.10 bits per heavy atom. The summed E-state index contributed by atoms with van der Waals surface area (Å²) in [4.78, 5) is 50.3. The van der Waals surface area contributed by atoms with E-state index in [1.54, 1.807) is 18.2 Å². The first-order chi connectivity index (χ1) is 14.4. The van der Waals surface area contributed by atoms with Gasteiger partial charge in [0.05, 0.1) is 18.6 Å². The molecule has 8 heteroatoms. The summed E-state index contributed by atoms with van der Waals surface area (Å²) >= 11 is 0. The normalized spacial score (nSPS) is 15.6. The second-order valence-corrected chi connectivity index (χ2v) is 6.93. The quantitative estimate of drug-likeness (QED) is 0.730. The summed E-state index contributed by atoms with van der Waals surface area (Å²) in [5.74, 6) is -2.61. The lowest BCUT2D eigenvalue weighted by Crippen LogP contribution is -2.35. The van der Waals surface area contributed by atoms with Crippen molar-refractivity contribution >= 4 is 29.4 Å². The Kier molecular flexibility index (Phi) is 6.46. The van der Waals surface area contributed by atoms with Crippen LogP contribution in [0.5, 0.6) is 5.75 Å². The smallest absolute Gasteiger partial charge is 0.311 e. The van der Waals surface area contributed by atoms with Crippen molar-refractivity contribution in [3.8, 4) is 5.75 Å². The molecule has 1 fully saturated rings. The third kappa shape index (κ3) is 4.83. The summed E-state index contributed by atoms with van der Waals surface area (Å²) in [5, 5.41) is 2.15. The van der Waals surface area contributed by atoms with E-state index in [-0.39, 0.29) is 24.4 Å². The van der Waals surface area contributed by atoms with Gasteiger partial charge in [0.1, 0.15) is 5.75 Å². The number of carbonyl (C=O) groups excluding carboxylic acids is 4. The van der Waals surface area contributed by atoms with Crippen LogP contribution in [0.3, 0.4) is 0 Å². The van der Waals surface area contributed by atoms with Crippen molar-refractivity contribution < 1.29 is 28.7 Å². The number of hydrogen-bond acceptors (Lipinski definition) is 6. The monoisotopic (exact) mass is 410 g/mol. The van der Waals surface area contributed by atoms with Gasteiger partial charge >= 0.3 is 5.97 Å². The number of para-hydroxylation sites is 1.